The van der Waals surface area contributed by atoms with Crippen LogP contribution in [0, 0.1) is 0 Å². The molecule has 1 aromatic heterocycles. The molecule has 0 spiro atoms. The molecule has 1 aromatic carbocycles. The Labute approximate surface area is 116 Å². The molecule has 6 heteroatoms. The van der Waals surface area contributed by atoms with Crippen LogP contribution in [0.2, 0.25) is 0 Å². The van der Waals surface area contributed by atoms with Crippen molar-refractivity contribution in [2.24, 2.45) is 5.73 Å². The van der Waals surface area contributed by atoms with Gasteiger partial charge in [-0.05, 0) is 31.2 Å². The largest absolute Gasteiger partial charge is 0.497 e. The van der Waals surface area contributed by atoms with Crippen LogP contribution in [-0.4, -0.2) is 24.4 Å². The van der Waals surface area contributed by atoms with Crippen molar-refractivity contribution < 1.29 is 9.47 Å². The van der Waals surface area contributed by atoms with E-state index in [1.165, 1.54) is 0 Å². The van der Waals surface area contributed by atoms with Crippen LogP contribution < -0.4 is 20.8 Å². The maximum Gasteiger partial charge on any atom is 0.268 e. The molecule has 1 unspecified atom stereocenters. The van der Waals surface area contributed by atoms with Gasteiger partial charge in [0.25, 0.3) is 5.56 Å². The van der Waals surface area contributed by atoms with Crippen LogP contribution in [-0.2, 0) is 0 Å². The van der Waals surface area contributed by atoms with E-state index in [2.05, 4.69) is 10.2 Å². The molecule has 0 radical (unpaired) electrons. The fourth-order valence-corrected chi connectivity index (χ4v) is 1.91. The van der Waals surface area contributed by atoms with Gasteiger partial charge in [-0.25, -0.2) is 5.10 Å². The predicted molar refractivity (Wildman–Crippen MR) is 76.0 cm³/mol. The van der Waals surface area contributed by atoms with Gasteiger partial charge in [-0.1, -0.05) is 0 Å². The zero-order valence-electron chi connectivity index (χ0n) is 11.6. The van der Waals surface area contributed by atoms with Gasteiger partial charge in [0.1, 0.15) is 11.5 Å². The lowest BCUT2D eigenvalue weighted by molar-refractivity contribution is 0.404. The molecular weight excluding hydrogens is 258 g/mol. The molecule has 20 heavy (non-hydrogen) atoms. The number of nitrogens with zero attached hydrogens (tertiary/aromatic N) is 1. The lowest BCUT2D eigenvalue weighted by Gasteiger charge is -2.11. The summed E-state index contributed by atoms with van der Waals surface area (Å²) in [7, 11) is 3.16. The van der Waals surface area contributed by atoms with E-state index in [4.69, 9.17) is 15.2 Å². The Bertz CT molecular complexity index is 665. The number of aromatic nitrogens is 2. The maximum absolute atomic E-state index is 11.7. The van der Waals surface area contributed by atoms with Gasteiger partial charge < -0.3 is 15.2 Å². The normalized spacial score (nSPS) is 12.0. The molecular formula is C14H17N3O3. The number of aromatic amines is 1. The van der Waals surface area contributed by atoms with E-state index in [1.807, 2.05) is 0 Å². The van der Waals surface area contributed by atoms with Gasteiger partial charge in [0.15, 0.2) is 0 Å². The fraction of sp³-hybridized carbons (Fsp3) is 0.286. The van der Waals surface area contributed by atoms with E-state index in [-0.39, 0.29) is 11.6 Å². The molecule has 0 aliphatic rings. The van der Waals surface area contributed by atoms with Crippen molar-refractivity contribution in [2.45, 2.75) is 13.0 Å². The molecule has 1 heterocycles. The summed E-state index contributed by atoms with van der Waals surface area (Å²) in [4.78, 5) is 11.7. The van der Waals surface area contributed by atoms with E-state index in [0.29, 0.717) is 22.8 Å². The van der Waals surface area contributed by atoms with Crippen molar-refractivity contribution in [3.8, 4) is 22.8 Å². The van der Waals surface area contributed by atoms with E-state index in [1.54, 1.807) is 45.4 Å². The molecule has 0 saturated carbocycles. The second-order valence-corrected chi connectivity index (χ2v) is 4.39. The van der Waals surface area contributed by atoms with Crippen LogP contribution in [0.1, 0.15) is 18.5 Å². The van der Waals surface area contributed by atoms with Crippen LogP contribution >= 0.6 is 0 Å². The summed E-state index contributed by atoms with van der Waals surface area (Å²) in [5.41, 5.74) is 7.27. The highest BCUT2D eigenvalue weighted by atomic mass is 16.5. The van der Waals surface area contributed by atoms with E-state index >= 15 is 0 Å². The first-order chi connectivity index (χ1) is 9.56. The number of rotatable bonds is 4. The van der Waals surface area contributed by atoms with Crippen LogP contribution in [0.25, 0.3) is 11.3 Å². The number of hydrogen-bond acceptors (Lipinski definition) is 5. The Balaban J connectivity index is 2.61. The number of H-pyrrole nitrogens is 1. The van der Waals surface area contributed by atoms with Gasteiger partial charge in [-0.3, -0.25) is 4.79 Å². The zero-order chi connectivity index (χ0) is 14.7. The third-order valence-corrected chi connectivity index (χ3v) is 3.01. The van der Waals surface area contributed by atoms with Crippen LogP contribution in [0.15, 0.2) is 29.1 Å². The molecule has 1 atom stereocenters. The van der Waals surface area contributed by atoms with Gasteiger partial charge in [0.05, 0.1) is 19.9 Å². The van der Waals surface area contributed by atoms with E-state index in [9.17, 15) is 4.79 Å². The van der Waals surface area contributed by atoms with Crippen LogP contribution in [0.4, 0.5) is 0 Å². The third kappa shape index (κ3) is 2.65. The first-order valence-corrected chi connectivity index (χ1v) is 6.14. The lowest BCUT2D eigenvalue weighted by Crippen LogP contribution is -2.20. The van der Waals surface area contributed by atoms with E-state index in [0.717, 1.165) is 5.56 Å². The van der Waals surface area contributed by atoms with Crippen molar-refractivity contribution >= 4 is 0 Å². The van der Waals surface area contributed by atoms with Gasteiger partial charge in [-0.15, -0.1) is 0 Å². The van der Waals surface area contributed by atoms with Crippen molar-refractivity contribution in [2.75, 3.05) is 14.2 Å². The highest BCUT2D eigenvalue weighted by Crippen LogP contribution is 2.32. The minimum absolute atomic E-state index is 0.286. The van der Waals surface area contributed by atoms with Crippen molar-refractivity contribution in [1.29, 1.82) is 0 Å². The first kappa shape index (κ1) is 14.1. The monoisotopic (exact) mass is 275 g/mol. The minimum Gasteiger partial charge on any atom is -0.497 e. The summed E-state index contributed by atoms with van der Waals surface area (Å²) in [5, 5.41) is 6.50. The maximum atomic E-state index is 11.7. The molecule has 0 saturated heterocycles. The first-order valence-electron chi connectivity index (χ1n) is 6.14. The number of benzene rings is 1. The Morgan fingerprint density at radius 3 is 2.60 bits per heavy atom. The Hall–Kier alpha value is -2.34. The van der Waals surface area contributed by atoms with Gasteiger partial charge >= 0.3 is 0 Å². The molecule has 2 aromatic rings. The van der Waals surface area contributed by atoms with Gasteiger partial charge in [0, 0.05) is 17.2 Å². The molecule has 2 rings (SSSR count). The van der Waals surface area contributed by atoms with Gasteiger partial charge in [0.2, 0.25) is 0 Å². The molecule has 0 bridgehead atoms. The van der Waals surface area contributed by atoms with Crippen molar-refractivity contribution in [3.63, 3.8) is 0 Å². The Morgan fingerprint density at radius 2 is 2.00 bits per heavy atom. The van der Waals surface area contributed by atoms with Crippen molar-refractivity contribution in [3.05, 3.63) is 40.2 Å². The van der Waals surface area contributed by atoms with Crippen LogP contribution in [0.3, 0.4) is 0 Å². The minimum atomic E-state index is -0.378. The molecule has 0 amide bonds. The number of hydrogen-bond donors (Lipinski definition) is 2. The smallest absolute Gasteiger partial charge is 0.268 e. The average molecular weight is 275 g/mol. The topological polar surface area (TPSA) is 90.2 Å². The van der Waals surface area contributed by atoms with Gasteiger partial charge in [-0.2, -0.15) is 5.10 Å². The zero-order valence-corrected chi connectivity index (χ0v) is 11.6. The second-order valence-electron chi connectivity index (χ2n) is 4.39. The van der Waals surface area contributed by atoms with Crippen molar-refractivity contribution in [1.82, 2.24) is 10.2 Å². The molecule has 3 N–H and O–H groups in total. The molecule has 0 aliphatic carbocycles. The Morgan fingerprint density at radius 1 is 1.25 bits per heavy atom. The lowest BCUT2D eigenvalue weighted by atomic mass is 10.1. The molecule has 6 nitrogen and oxygen atoms in total. The summed E-state index contributed by atoms with van der Waals surface area (Å²) in [6.45, 7) is 1.75. The standard InChI is InChI=1S/C14H17N3O3/c1-8(15)10-7-12(16-17-14(10)18)11-6-9(19-2)4-5-13(11)20-3/h4-8H,15H2,1-3H3,(H,17,18). The summed E-state index contributed by atoms with van der Waals surface area (Å²) in [5.74, 6) is 1.32. The number of nitrogens with two attached hydrogens (primary N) is 1. The quantitative estimate of drug-likeness (QED) is 0.882. The molecule has 0 aliphatic heterocycles. The molecule has 106 valence electrons. The number of ether oxygens (including phenoxy) is 2. The summed E-state index contributed by atoms with van der Waals surface area (Å²) in [6.07, 6.45) is 0. The third-order valence-electron chi connectivity index (χ3n) is 3.01. The summed E-state index contributed by atoms with van der Waals surface area (Å²) < 4.78 is 10.5. The van der Waals surface area contributed by atoms with E-state index < -0.39 is 0 Å². The summed E-state index contributed by atoms with van der Waals surface area (Å²) in [6, 6.07) is 6.66. The number of methoxy groups -OCH3 is 2. The predicted octanol–water partition coefficient (Wildman–Crippen LogP) is 1.47. The highest BCUT2D eigenvalue weighted by molar-refractivity contribution is 5.69. The highest BCUT2D eigenvalue weighted by Gasteiger charge is 2.13. The molecule has 0 fully saturated rings. The average Bonchev–Trinajstić information content (AvgIpc) is 2.46. The Kier molecular flexibility index (Phi) is 4.05. The van der Waals surface area contributed by atoms with Crippen LogP contribution in [0.5, 0.6) is 11.5 Å². The SMILES string of the molecule is COc1ccc(OC)c(-c2cc(C(C)N)c(=O)[nH]n2)c1. The summed E-state index contributed by atoms with van der Waals surface area (Å²) >= 11 is 0. The second kappa shape index (κ2) is 5.75. The fourth-order valence-electron chi connectivity index (χ4n) is 1.91. The number of nitrogens with one attached hydrogen (secondary N) is 1.